The lowest BCUT2D eigenvalue weighted by Gasteiger charge is -2.34. The molecule has 0 amide bonds. The molecule has 0 radical (unpaired) electrons. The number of thiazole rings is 1. The highest BCUT2D eigenvalue weighted by atomic mass is 32.1. The van der Waals surface area contributed by atoms with Gasteiger partial charge in [0.25, 0.3) is 0 Å². The Labute approximate surface area is 159 Å². The van der Waals surface area contributed by atoms with Gasteiger partial charge in [0.2, 0.25) is 11.6 Å². The van der Waals surface area contributed by atoms with Crippen LogP contribution in [0.2, 0.25) is 0 Å². The van der Waals surface area contributed by atoms with Gasteiger partial charge in [0.15, 0.2) is 5.13 Å². The molecule has 4 rings (SSSR count). The van der Waals surface area contributed by atoms with Crippen molar-refractivity contribution < 1.29 is 4.92 Å². The van der Waals surface area contributed by atoms with Gasteiger partial charge in [-0.25, -0.2) is 15.0 Å². The molecule has 1 aliphatic rings. The minimum absolute atomic E-state index is 0.110. The first-order chi connectivity index (χ1) is 13.2. The number of para-hydroxylation sites is 1. The van der Waals surface area contributed by atoms with E-state index in [-0.39, 0.29) is 11.5 Å². The van der Waals surface area contributed by atoms with E-state index in [0.717, 1.165) is 29.9 Å². The molecule has 0 bridgehead atoms. The van der Waals surface area contributed by atoms with Crippen molar-refractivity contribution in [2.45, 2.75) is 6.92 Å². The lowest BCUT2D eigenvalue weighted by Crippen LogP contribution is -2.46. The Morgan fingerprint density at radius 3 is 2.70 bits per heavy atom. The zero-order chi connectivity index (χ0) is 18.8. The van der Waals surface area contributed by atoms with Crippen LogP contribution in [0, 0.1) is 10.1 Å². The molecule has 1 fully saturated rings. The summed E-state index contributed by atoms with van der Waals surface area (Å²) in [5.74, 6) is 0.524. The molecule has 10 heteroatoms. The molecule has 27 heavy (non-hydrogen) atoms. The third kappa shape index (κ3) is 3.53. The summed E-state index contributed by atoms with van der Waals surface area (Å²) >= 11 is 1.43. The van der Waals surface area contributed by atoms with Gasteiger partial charge in [-0.2, -0.15) is 0 Å². The van der Waals surface area contributed by atoms with Crippen molar-refractivity contribution in [2.75, 3.05) is 42.9 Å². The van der Waals surface area contributed by atoms with Crippen LogP contribution in [0.15, 0.2) is 30.6 Å². The molecule has 1 aliphatic heterocycles. The molecular formula is C17H19N7O2S. The van der Waals surface area contributed by atoms with Gasteiger partial charge in [0.05, 0.1) is 15.1 Å². The van der Waals surface area contributed by atoms with Gasteiger partial charge < -0.3 is 15.1 Å². The van der Waals surface area contributed by atoms with Gasteiger partial charge in [0, 0.05) is 26.2 Å². The molecule has 1 saturated heterocycles. The second kappa shape index (κ2) is 7.41. The number of nitrogens with zero attached hydrogens (tertiary/aromatic N) is 6. The zero-order valence-electron chi connectivity index (χ0n) is 14.8. The molecule has 9 nitrogen and oxygen atoms in total. The molecule has 0 aliphatic carbocycles. The summed E-state index contributed by atoms with van der Waals surface area (Å²) in [5.41, 5.74) is 0.735. The zero-order valence-corrected chi connectivity index (χ0v) is 15.6. The maximum atomic E-state index is 11.8. The summed E-state index contributed by atoms with van der Waals surface area (Å²) in [7, 11) is 0. The van der Waals surface area contributed by atoms with Crippen molar-refractivity contribution in [2.24, 2.45) is 0 Å². The number of likely N-dealkylation sites (N-methyl/N-ethyl adjacent to an activating group) is 1. The molecule has 0 spiro atoms. The van der Waals surface area contributed by atoms with Gasteiger partial charge in [0.1, 0.15) is 6.33 Å². The number of hydrogen-bond donors (Lipinski definition) is 1. The number of nitrogens with one attached hydrogen (secondary N) is 1. The largest absolute Gasteiger partial charge is 0.353 e. The predicted octanol–water partition coefficient (Wildman–Crippen LogP) is 2.88. The topological polar surface area (TPSA) is 100 Å². The SMILES string of the molecule is CCN1CCN(c2ncnc(Nc3nc4ccccc4s3)c2[N+](=O)[O-])CC1. The van der Waals surface area contributed by atoms with E-state index in [0.29, 0.717) is 24.0 Å². The Kier molecular flexibility index (Phi) is 4.82. The quantitative estimate of drug-likeness (QED) is 0.529. The maximum absolute atomic E-state index is 11.8. The molecule has 3 heterocycles. The van der Waals surface area contributed by atoms with E-state index in [2.05, 4.69) is 32.1 Å². The average molecular weight is 385 g/mol. The van der Waals surface area contributed by atoms with E-state index in [1.807, 2.05) is 29.2 Å². The van der Waals surface area contributed by atoms with Crippen molar-refractivity contribution in [3.63, 3.8) is 0 Å². The minimum atomic E-state index is -0.419. The number of anilines is 3. The third-order valence-electron chi connectivity index (χ3n) is 4.62. The monoisotopic (exact) mass is 385 g/mol. The van der Waals surface area contributed by atoms with Crippen molar-refractivity contribution >= 4 is 44.0 Å². The Hall–Kier alpha value is -2.85. The first kappa shape index (κ1) is 17.6. The van der Waals surface area contributed by atoms with Crippen LogP contribution in [0.5, 0.6) is 0 Å². The number of piperazine rings is 1. The fourth-order valence-corrected chi connectivity index (χ4v) is 4.03. The second-order valence-electron chi connectivity index (χ2n) is 6.18. The molecule has 0 saturated carbocycles. The first-order valence-electron chi connectivity index (χ1n) is 8.75. The second-order valence-corrected chi connectivity index (χ2v) is 7.22. The van der Waals surface area contributed by atoms with E-state index in [1.54, 1.807) is 0 Å². The molecule has 0 unspecified atom stereocenters. The van der Waals surface area contributed by atoms with Crippen LogP contribution < -0.4 is 10.2 Å². The normalized spacial score (nSPS) is 15.2. The number of hydrogen-bond acceptors (Lipinski definition) is 9. The summed E-state index contributed by atoms with van der Waals surface area (Å²) in [4.78, 5) is 28.5. The Balaban J connectivity index is 1.65. The molecule has 140 valence electrons. The van der Waals surface area contributed by atoms with Crippen LogP contribution in [0.1, 0.15) is 6.92 Å². The van der Waals surface area contributed by atoms with E-state index >= 15 is 0 Å². The van der Waals surface area contributed by atoms with Gasteiger partial charge in [-0.15, -0.1) is 0 Å². The number of fused-ring (bicyclic) bond motifs is 1. The fraction of sp³-hybridized carbons (Fsp3) is 0.353. The Morgan fingerprint density at radius 1 is 1.22 bits per heavy atom. The highest BCUT2D eigenvalue weighted by Gasteiger charge is 2.29. The molecule has 2 aromatic heterocycles. The van der Waals surface area contributed by atoms with Gasteiger partial charge in [-0.1, -0.05) is 30.4 Å². The van der Waals surface area contributed by atoms with Gasteiger partial charge in [-0.05, 0) is 18.7 Å². The molecular weight excluding hydrogens is 366 g/mol. The van der Waals surface area contributed by atoms with Crippen LogP contribution in [0.3, 0.4) is 0 Å². The van der Waals surface area contributed by atoms with E-state index in [4.69, 9.17) is 0 Å². The lowest BCUT2D eigenvalue weighted by atomic mass is 10.3. The Bertz CT molecular complexity index is 936. The summed E-state index contributed by atoms with van der Waals surface area (Å²) in [5, 5.41) is 15.4. The van der Waals surface area contributed by atoms with E-state index in [1.165, 1.54) is 17.7 Å². The summed E-state index contributed by atoms with van der Waals surface area (Å²) in [6.45, 7) is 6.21. The highest BCUT2D eigenvalue weighted by molar-refractivity contribution is 7.22. The van der Waals surface area contributed by atoms with Gasteiger partial charge >= 0.3 is 5.69 Å². The molecule has 3 aromatic rings. The molecule has 1 aromatic carbocycles. The number of aromatic nitrogens is 3. The molecule has 0 atom stereocenters. The minimum Gasteiger partial charge on any atom is -0.348 e. The summed E-state index contributed by atoms with van der Waals surface area (Å²) in [6, 6.07) is 7.72. The van der Waals surface area contributed by atoms with Crippen LogP contribution in [0.25, 0.3) is 10.2 Å². The number of benzene rings is 1. The van der Waals surface area contributed by atoms with Gasteiger partial charge in [-0.3, -0.25) is 10.1 Å². The van der Waals surface area contributed by atoms with E-state index in [9.17, 15) is 10.1 Å². The lowest BCUT2D eigenvalue weighted by molar-refractivity contribution is -0.383. The highest BCUT2D eigenvalue weighted by Crippen LogP contribution is 2.35. The molecule has 1 N–H and O–H groups in total. The number of rotatable bonds is 5. The Morgan fingerprint density at radius 2 is 2.00 bits per heavy atom. The maximum Gasteiger partial charge on any atom is 0.353 e. The smallest absolute Gasteiger partial charge is 0.348 e. The summed E-state index contributed by atoms with van der Waals surface area (Å²) in [6.07, 6.45) is 1.37. The van der Waals surface area contributed by atoms with Crippen molar-refractivity contribution in [1.82, 2.24) is 19.9 Å². The fourth-order valence-electron chi connectivity index (χ4n) is 3.16. The van der Waals surface area contributed by atoms with Crippen molar-refractivity contribution in [1.29, 1.82) is 0 Å². The first-order valence-corrected chi connectivity index (χ1v) is 9.56. The van der Waals surface area contributed by atoms with Crippen LogP contribution in [0.4, 0.5) is 22.5 Å². The van der Waals surface area contributed by atoms with Crippen LogP contribution in [-0.2, 0) is 0 Å². The van der Waals surface area contributed by atoms with Crippen molar-refractivity contribution in [3.8, 4) is 0 Å². The number of nitro groups is 1. The summed E-state index contributed by atoms with van der Waals surface area (Å²) < 4.78 is 1.01. The van der Waals surface area contributed by atoms with E-state index < -0.39 is 4.92 Å². The predicted molar refractivity (Wildman–Crippen MR) is 106 cm³/mol. The standard InChI is InChI=1S/C17H19N7O2S/c1-2-22-7-9-23(10-8-22)16-14(24(25)26)15(18-11-19-16)21-17-20-12-5-3-4-6-13(12)27-17/h3-6,11H,2,7-10H2,1H3,(H,18,19,20,21). The van der Waals surface area contributed by atoms with Crippen LogP contribution in [-0.4, -0.2) is 57.5 Å². The average Bonchev–Trinajstić information content (AvgIpc) is 3.10. The van der Waals surface area contributed by atoms with Crippen molar-refractivity contribution in [3.05, 3.63) is 40.7 Å². The van der Waals surface area contributed by atoms with Crippen LogP contribution >= 0.6 is 11.3 Å². The third-order valence-corrected chi connectivity index (χ3v) is 5.58.